The monoisotopic (exact) mass is 1030 g/mol. The third-order valence-corrected chi connectivity index (χ3v) is 12.0. The Kier molecular flexibility index (Phi) is 57.5. The second-order valence-electron chi connectivity index (χ2n) is 19.1. The van der Waals surface area contributed by atoms with Crippen LogP contribution in [0, 0.1) is 0 Å². The Morgan fingerprint density at radius 1 is 0.280 bits per heavy atom. The molecule has 0 rings (SSSR count). The molecule has 0 aliphatic carbocycles. The third-order valence-electron chi connectivity index (χ3n) is 12.0. The molecule has 0 aromatic carbocycles. The number of allylic oxidation sites excluding steroid dienone is 26. The lowest BCUT2D eigenvalue weighted by atomic mass is 10.1. The molecule has 0 unspecified atom stereocenters. The SMILES string of the molecule is CC/C=C/C/C=C/C/C=C/C/C=C/C/C=C/C/C=C/CCC(=O)OC[C@@H](COC(=O)CCCCCCCCCCC/C=C/C/C=C/CCCCC)OC(=O)CCCCC/C=C/C/C=C/C/C=C/C/C=C/C/C=C/CC. The molecular formula is C69H108O6. The van der Waals surface area contributed by atoms with Crippen LogP contribution < -0.4 is 0 Å². The van der Waals surface area contributed by atoms with E-state index in [0.717, 1.165) is 116 Å². The molecule has 0 amide bonds. The molecule has 0 aromatic heterocycles. The van der Waals surface area contributed by atoms with Crippen molar-refractivity contribution in [3.05, 3.63) is 158 Å². The first kappa shape index (κ1) is 70.0. The molecule has 0 spiro atoms. The zero-order valence-electron chi connectivity index (χ0n) is 48.0. The van der Waals surface area contributed by atoms with Gasteiger partial charge in [-0.05, 0) is 135 Å². The molecular weight excluding hydrogens is 925 g/mol. The lowest BCUT2D eigenvalue weighted by Gasteiger charge is -2.18. The number of carbonyl (C=O) groups excluding carboxylic acids is 3. The fraction of sp³-hybridized carbons (Fsp3) is 0.580. The minimum Gasteiger partial charge on any atom is -0.462 e. The Hall–Kier alpha value is -4.97. The van der Waals surface area contributed by atoms with Gasteiger partial charge in [-0.1, -0.05) is 243 Å². The van der Waals surface area contributed by atoms with E-state index in [0.29, 0.717) is 19.3 Å². The number of unbranched alkanes of at least 4 members (excludes halogenated alkanes) is 15. The predicted octanol–water partition coefficient (Wildman–Crippen LogP) is 20.5. The fourth-order valence-electron chi connectivity index (χ4n) is 7.58. The number of hydrogen-bond acceptors (Lipinski definition) is 6. The summed E-state index contributed by atoms with van der Waals surface area (Å²) in [5.41, 5.74) is 0. The summed E-state index contributed by atoms with van der Waals surface area (Å²) in [6, 6.07) is 0. The van der Waals surface area contributed by atoms with Gasteiger partial charge in [-0.25, -0.2) is 0 Å². The zero-order valence-corrected chi connectivity index (χ0v) is 48.0. The maximum absolute atomic E-state index is 12.9. The van der Waals surface area contributed by atoms with E-state index in [9.17, 15) is 14.4 Å². The largest absolute Gasteiger partial charge is 0.462 e. The van der Waals surface area contributed by atoms with Crippen molar-refractivity contribution in [1.29, 1.82) is 0 Å². The van der Waals surface area contributed by atoms with Crippen LogP contribution in [0.25, 0.3) is 0 Å². The molecule has 0 saturated carbocycles. The quantitative estimate of drug-likeness (QED) is 0.0261. The average Bonchev–Trinajstić information content (AvgIpc) is 3.41. The van der Waals surface area contributed by atoms with Crippen LogP contribution in [0.1, 0.15) is 239 Å². The standard InChI is InChI=1S/C69H108O6/c1-4-7-10-13-16-19-22-25-28-31-34-37-40-43-46-49-52-55-58-61-67(70)73-64-66(75-69(72)63-60-57-54-51-48-45-42-39-36-33-30-27-24-21-18-15-12-9-6-3)65-74-68(71)62-59-56-53-50-47-44-41-38-35-32-29-26-23-20-17-14-11-8-5-2/h7,9-10,12,16-21,25-30,34,36-37,39,43,45-46,48,52,55,66H,4-6,8,11,13-15,22-24,31-33,35,38,40-42,44,47,49-51,53-54,56-65H2,1-3H3/b10-7+,12-9+,19-16+,20-17+,21-18+,28-25+,29-26+,30-27+,37-34+,39-36+,46-43+,48-45+,55-52+/t66-/m0/s1. The first-order chi connectivity index (χ1) is 37.0. The lowest BCUT2D eigenvalue weighted by Crippen LogP contribution is -2.30. The van der Waals surface area contributed by atoms with Gasteiger partial charge in [-0.2, -0.15) is 0 Å². The van der Waals surface area contributed by atoms with E-state index in [-0.39, 0.29) is 44.0 Å². The smallest absolute Gasteiger partial charge is 0.306 e. The normalized spacial score (nSPS) is 13.3. The summed E-state index contributed by atoms with van der Waals surface area (Å²) in [4.78, 5) is 38.2. The van der Waals surface area contributed by atoms with Gasteiger partial charge < -0.3 is 14.2 Å². The van der Waals surface area contributed by atoms with E-state index < -0.39 is 6.10 Å². The summed E-state index contributed by atoms with van der Waals surface area (Å²) >= 11 is 0. The molecule has 0 heterocycles. The van der Waals surface area contributed by atoms with E-state index in [1.54, 1.807) is 0 Å². The second-order valence-corrected chi connectivity index (χ2v) is 19.1. The second kappa shape index (κ2) is 61.6. The van der Waals surface area contributed by atoms with Gasteiger partial charge in [0, 0.05) is 19.3 Å². The summed E-state index contributed by atoms with van der Waals surface area (Å²) < 4.78 is 16.8. The molecule has 0 fully saturated rings. The van der Waals surface area contributed by atoms with Crippen LogP contribution in [-0.4, -0.2) is 37.2 Å². The highest BCUT2D eigenvalue weighted by atomic mass is 16.6. The first-order valence-electron chi connectivity index (χ1n) is 30.0. The predicted molar refractivity (Wildman–Crippen MR) is 325 cm³/mol. The Balaban J connectivity index is 4.59. The molecule has 420 valence electrons. The maximum Gasteiger partial charge on any atom is 0.306 e. The van der Waals surface area contributed by atoms with E-state index in [2.05, 4.69) is 167 Å². The molecule has 6 heteroatoms. The highest BCUT2D eigenvalue weighted by molar-refractivity contribution is 5.71. The van der Waals surface area contributed by atoms with Crippen LogP contribution >= 0.6 is 0 Å². The first-order valence-corrected chi connectivity index (χ1v) is 30.0. The van der Waals surface area contributed by atoms with E-state index in [1.807, 2.05) is 12.2 Å². The van der Waals surface area contributed by atoms with Crippen molar-refractivity contribution in [2.45, 2.75) is 245 Å². The van der Waals surface area contributed by atoms with Crippen LogP contribution in [0.15, 0.2) is 158 Å². The molecule has 0 N–H and O–H groups in total. The van der Waals surface area contributed by atoms with Gasteiger partial charge in [0.15, 0.2) is 6.10 Å². The number of ether oxygens (including phenoxy) is 3. The van der Waals surface area contributed by atoms with E-state index in [4.69, 9.17) is 14.2 Å². The number of esters is 3. The summed E-state index contributed by atoms with van der Waals surface area (Å²) in [7, 11) is 0. The Bertz CT molecular complexity index is 1710. The van der Waals surface area contributed by atoms with Crippen molar-refractivity contribution in [2.24, 2.45) is 0 Å². The van der Waals surface area contributed by atoms with Crippen molar-refractivity contribution >= 4 is 17.9 Å². The minimum absolute atomic E-state index is 0.124. The summed E-state index contributed by atoms with van der Waals surface area (Å²) in [6.07, 6.45) is 89.6. The molecule has 1 atom stereocenters. The van der Waals surface area contributed by atoms with E-state index >= 15 is 0 Å². The molecule has 0 aromatic rings. The summed E-state index contributed by atoms with van der Waals surface area (Å²) in [5.74, 6) is -1.05. The molecule has 0 saturated heterocycles. The fourth-order valence-corrected chi connectivity index (χ4v) is 7.58. The van der Waals surface area contributed by atoms with Crippen molar-refractivity contribution < 1.29 is 28.6 Å². The Labute approximate surface area is 460 Å². The summed E-state index contributed by atoms with van der Waals surface area (Å²) in [6.45, 7) is 6.28. The third kappa shape index (κ3) is 59.8. The van der Waals surface area contributed by atoms with Crippen molar-refractivity contribution in [3.8, 4) is 0 Å². The average molecular weight is 1030 g/mol. The highest BCUT2D eigenvalue weighted by Crippen LogP contribution is 2.13. The zero-order chi connectivity index (χ0) is 54.3. The van der Waals surface area contributed by atoms with Crippen LogP contribution in [0.4, 0.5) is 0 Å². The topological polar surface area (TPSA) is 78.9 Å². The molecule has 75 heavy (non-hydrogen) atoms. The number of rotatable bonds is 52. The van der Waals surface area contributed by atoms with Crippen molar-refractivity contribution in [1.82, 2.24) is 0 Å². The number of carbonyl (C=O) groups is 3. The van der Waals surface area contributed by atoms with E-state index in [1.165, 1.54) is 70.6 Å². The molecule has 0 bridgehead atoms. The number of hydrogen-bond donors (Lipinski definition) is 0. The van der Waals surface area contributed by atoms with Crippen molar-refractivity contribution in [3.63, 3.8) is 0 Å². The van der Waals surface area contributed by atoms with Gasteiger partial charge in [-0.15, -0.1) is 0 Å². The Morgan fingerprint density at radius 2 is 0.547 bits per heavy atom. The minimum atomic E-state index is -0.837. The van der Waals surface area contributed by atoms with Crippen molar-refractivity contribution in [2.75, 3.05) is 13.2 Å². The summed E-state index contributed by atoms with van der Waals surface area (Å²) in [5, 5.41) is 0. The van der Waals surface area contributed by atoms with Gasteiger partial charge in [0.05, 0.1) is 0 Å². The van der Waals surface area contributed by atoms with Gasteiger partial charge in [0.25, 0.3) is 0 Å². The maximum atomic E-state index is 12.9. The molecule has 0 aliphatic heterocycles. The van der Waals surface area contributed by atoms with Gasteiger partial charge in [0.1, 0.15) is 13.2 Å². The van der Waals surface area contributed by atoms with Crippen LogP contribution in [-0.2, 0) is 28.6 Å². The van der Waals surface area contributed by atoms with Crippen LogP contribution in [0.2, 0.25) is 0 Å². The highest BCUT2D eigenvalue weighted by Gasteiger charge is 2.19. The molecule has 0 aliphatic rings. The van der Waals surface area contributed by atoms with Gasteiger partial charge >= 0.3 is 17.9 Å². The van der Waals surface area contributed by atoms with Gasteiger partial charge in [0.2, 0.25) is 0 Å². The van der Waals surface area contributed by atoms with Crippen LogP contribution in [0.5, 0.6) is 0 Å². The Morgan fingerprint density at radius 3 is 0.907 bits per heavy atom. The van der Waals surface area contributed by atoms with Crippen LogP contribution in [0.3, 0.4) is 0 Å². The van der Waals surface area contributed by atoms with Gasteiger partial charge in [-0.3, -0.25) is 14.4 Å². The molecule has 0 radical (unpaired) electrons. The molecule has 6 nitrogen and oxygen atoms in total. The lowest BCUT2D eigenvalue weighted by molar-refractivity contribution is -0.166.